The summed E-state index contributed by atoms with van der Waals surface area (Å²) in [6.45, 7) is 3.80. The fraction of sp³-hybridized carbons (Fsp3) is 0.273. The normalized spacial score (nSPS) is 12.3. The second kappa shape index (κ2) is 4.62. The molecule has 0 aliphatic heterocycles. The summed E-state index contributed by atoms with van der Waals surface area (Å²) < 4.78 is 0.711. The third kappa shape index (κ3) is 2.59. The summed E-state index contributed by atoms with van der Waals surface area (Å²) in [6.07, 6.45) is 0.926. The number of phenols is 1. The summed E-state index contributed by atoms with van der Waals surface area (Å²) >= 11 is 3.29. The maximum Gasteiger partial charge on any atom is 0.122 e. The Kier molecular flexibility index (Phi) is 3.72. The molecule has 0 saturated carbocycles. The number of rotatable bonds is 2. The van der Waals surface area contributed by atoms with Crippen LogP contribution in [0, 0.1) is 0 Å². The average Bonchev–Trinajstić information content (AvgIpc) is 2.01. The van der Waals surface area contributed by atoms with Crippen LogP contribution in [0.1, 0.15) is 25.5 Å². The molecule has 0 aliphatic carbocycles. The summed E-state index contributed by atoms with van der Waals surface area (Å²) in [5.41, 5.74) is 1.52. The Labute approximate surface area is 92.0 Å². The SMILES string of the molecule is CC(C)=CC(O)c1c(O)cccc1Br. The summed E-state index contributed by atoms with van der Waals surface area (Å²) in [5, 5.41) is 19.3. The number of allylic oxidation sites excluding steroid dienone is 1. The minimum absolute atomic E-state index is 0.101. The van der Waals surface area contributed by atoms with Gasteiger partial charge in [0.25, 0.3) is 0 Å². The van der Waals surface area contributed by atoms with Crippen molar-refractivity contribution in [3.63, 3.8) is 0 Å². The van der Waals surface area contributed by atoms with E-state index < -0.39 is 6.10 Å². The zero-order chi connectivity index (χ0) is 10.7. The van der Waals surface area contributed by atoms with E-state index in [4.69, 9.17) is 0 Å². The number of aliphatic hydroxyl groups is 1. The number of aliphatic hydroxyl groups excluding tert-OH is 1. The summed E-state index contributed by atoms with van der Waals surface area (Å²) in [5.74, 6) is 0.101. The first-order chi connectivity index (χ1) is 6.52. The second-order valence-corrected chi connectivity index (χ2v) is 4.22. The molecule has 1 aromatic carbocycles. The van der Waals surface area contributed by atoms with Crippen molar-refractivity contribution in [1.29, 1.82) is 0 Å². The minimum atomic E-state index is -0.768. The van der Waals surface area contributed by atoms with Crippen molar-refractivity contribution in [1.82, 2.24) is 0 Å². The van der Waals surface area contributed by atoms with Gasteiger partial charge in [0.2, 0.25) is 0 Å². The highest BCUT2D eigenvalue weighted by atomic mass is 79.9. The zero-order valence-electron chi connectivity index (χ0n) is 8.16. The largest absolute Gasteiger partial charge is 0.508 e. The predicted octanol–water partition coefficient (Wildman–Crippen LogP) is 3.15. The van der Waals surface area contributed by atoms with Crippen LogP contribution >= 0.6 is 15.9 Å². The van der Waals surface area contributed by atoms with E-state index >= 15 is 0 Å². The van der Waals surface area contributed by atoms with E-state index in [1.54, 1.807) is 24.3 Å². The van der Waals surface area contributed by atoms with Gasteiger partial charge in [-0.3, -0.25) is 0 Å². The Morgan fingerprint density at radius 2 is 2.07 bits per heavy atom. The molecule has 0 amide bonds. The number of benzene rings is 1. The molecule has 14 heavy (non-hydrogen) atoms. The van der Waals surface area contributed by atoms with Crippen LogP contribution in [-0.4, -0.2) is 10.2 Å². The molecule has 3 heteroatoms. The smallest absolute Gasteiger partial charge is 0.122 e. The summed E-state index contributed by atoms with van der Waals surface area (Å²) in [4.78, 5) is 0. The van der Waals surface area contributed by atoms with Crippen molar-refractivity contribution in [2.75, 3.05) is 0 Å². The topological polar surface area (TPSA) is 40.5 Å². The van der Waals surface area contributed by atoms with Crippen LogP contribution in [0.5, 0.6) is 5.75 Å². The Balaban J connectivity index is 3.12. The third-order valence-corrected chi connectivity index (χ3v) is 2.51. The Morgan fingerprint density at radius 1 is 1.43 bits per heavy atom. The van der Waals surface area contributed by atoms with Gasteiger partial charge in [-0.1, -0.05) is 33.6 Å². The van der Waals surface area contributed by atoms with Gasteiger partial charge in [0.15, 0.2) is 0 Å². The van der Waals surface area contributed by atoms with E-state index in [-0.39, 0.29) is 5.75 Å². The van der Waals surface area contributed by atoms with Gasteiger partial charge >= 0.3 is 0 Å². The van der Waals surface area contributed by atoms with E-state index in [9.17, 15) is 10.2 Å². The number of hydrogen-bond acceptors (Lipinski definition) is 2. The molecule has 1 aromatic rings. The molecule has 1 atom stereocenters. The molecule has 76 valence electrons. The van der Waals surface area contributed by atoms with Crippen molar-refractivity contribution in [3.05, 3.63) is 39.9 Å². The maximum absolute atomic E-state index is 9.79. The molecule has 0 spiro atoms. The van der Waals surface area contributed by atoms with E-state index in [2.05, 4.69) is 15.9 Å². The number of hydrogen-bond donors (Lipinski definition) is 2. The van der Waals surface area contributed by atoms with Crippen molar-refractivity contribution >= 4 is 15.9 Å². The molecule has 1 rings (SSSR count). The van der Waals surface area contributed by atoms with Gasteiger partial charge in [-0.15, -0.1) is 0 Å². The van der Waals surface area contributed by atoms with Crippen LogP contribution in [-0.2, 0) is 0 Å². The molecular formula is C11H13BrO2. The highest BCUT2D eigenvalue weighted by molar-refractivity contribution is 9.10. The molecule has 1 unspecified atom stereocenters. The standard InChI is InChI=1S/C11H13BrO2/c1-7(2)6-10(14)11-8(12)4-3-5-9(11)13/h3-6,10,13-14H,1-2H3. The fourth-order valence-electron chi connectivity index (χ4n) is 1.22. The van der Waals surface area contributed by atoms with Crippen molar-refractivity contribution in [2.45, 2.75) is 20.0 Å². The molecule has 0 aliphatic rings. The highest BCUT2D eigenvalue weighted by Crippen LogP contribution is 2.32. The molecule has 0 radical (unpaired) electrons. The Morgan fingerprint density at radius 3 is 2.57 bits per heavy atom. The van der Waals surface area contributed by atoms with Gasteiger partial charge < -0.3 is 10.2 Å². The first-order valence-corrected chi connectivity index (χ1v) is 5.12. The third-order valence-electron chi connectivity index (χ3n) is 1.82. The van der Waals surface area contributed by atoms with Gasteiger partial charge in [0.1, 0.15) is 11.9 Å². The Hall–Kier alpha value is -0.800. The van der Waals surface area contributed by atoms with E-state index in [1.807, 2.05) is 13.8 Å². The van der Waals surface area contributed by atoms with Crippen LogP contribution in [0.15, 0.2) is 34.3 Å². The minimum Gasteiger partial charge on any atom is -0.508 e. The van der Waals surface area contributed by atoms with Crippen LogP contribution in [0.2, 0.25) is 0 Å². The van der Waals surface area contributed by atoms with Gasteiger partial charge in [-0.2, -0.15) is 0 Å². The predicted molar refractivity (Wildman–Crippen MR) is 60.2 cm³/mol. The molecule has 0 bridgehead atoms. The summed E-state index contributed by atoms with van der Waals surface area (Å²) in [7, 11) is 0. The van der Waals surface area contributed by atoms with E-state index in [0.29, 0.717) is 10.0 Å². The van der Waals surface area contributed by atoms with E-state index in [0.717, 1.165) is 5.57 Å². The lowest BCUT2D eigenvalue weighted by Gasteiger charge is -2.11. The second-order valence-electron chi connectivity index (χ2n) is 3.36. The van der Waals surface area contributed by atoms with Gasteiger partial charge in [0.05, 0.1) is 0 Å². The van der Waals surface area contributed by atoms with Crippen LogP contribution in [0.3, 0.4) is 0 Å². The van der Waals surface area contributed by atoms with Crippen molar-refractivity contribution in [3.8, 4) is 5.75 Å². The van der Waals surface area contributed by atoms with E-state index in [1.165, 1.54) is 0 Å². The molecule has 0 aromatic heterocycles. The molecule has 0 heterocycles. The first kappa shape index (κ1) is 11.3. The molecular weight excluding hydrogens is 244 g/mol. The summed E-state index contributed by atoms with van der Waals surface area (Å²) in [6, 6.07) is 5.07. The van der Waals surface area contributed by atoms with Crippen LogP contribution < -0.4 is 0 Å². The average molecular weight is 257 g/mol. The van der Waals surface area contributed by atoms with Gasteiger partial charge in [0, 0.05) is 10.0 Å². The molecule has 2 N–H and O–H groups in total. The lowest BCUT2D eigenvalue weighted by atomic mass is 10.1. The quantitative estimate of drug-likeness (QED) is 0.799. The van der Waals surface area contributed by atoms with Gasteiger partial charge in [-0.25, -0.2) is 0 Å². The van der Waals surface area contributed by atoms with Crippen LogP contribution in [0.4, 0.5) is 0 Å². The van der Waals surface area contributed by atoms with Crippen molar-refractivity contribution in [2.24, 2.45) is 0 Å². The first-order valence-electron chi connectivity index (χ1n) is 4.33. The lowest BCUT2D eigenvalue weighted by molar-refractivity contribution is 0.222. The monoisotopic (exact) mass is 256 g/mol. The maximum atomic E-state index is 9.79. The van der Waals surface area contributed by atoms with Gasteiger partial charge in [-0.05, 0) is 26.0 Å². The zero-order valence-corrected chi connectivity index (χ0v) is 9.75. The molecule has 0 saturated heterocycles. The molecule has 2 nitrogen and oxygen atoms in total. The lowest BCUT2D eigenvalue weighted by Crippen LogP contribution is -1.95. The molecule has 0 fully saturated rings. The fourth-order valence-corrected chi connectivity index (χ4v) is 1.81. The Bertz CT molecular complexity index is 334. The number of halogens is 1. The highest BCUT2D eigenvalue weighted by Gasteiger charge is 2.12. The number of aromatic hydroxyl groups is 1. The van der Waals surface area contributed by atoms with Crippen molar-refractivity contribution < 1.29 is 10.2 Å². The number of phenolic OH excluding ortho intramolecular Hbond substituents is 1. The van der Waals surface area contributed by atoms with Crippen LogP contribution in [0.25, 0.3) is 0 Å².